The molecule has 30 heavy (non-hydrogen) atoms. The van der Waals surface area contributed by atoms with Crippen LogP contribution >= 0.6 is 11.6 Å². The van der Waals surface area contributed by atoms with Gasteiger partial charge in [-0.2, -0.15) is 0 Å². The van der Waals surface area contributed by atoms with Gasteiger partial charge in [0.2, 0.25) is 5.28 Å². The van der Waals surface area contributed by atoms with Crippen molar-refractivity contribution in [3.8, 4) is 5.75 Å². The second-order valence-electron chi connectivity index (χ2n) is 8.02. The number of nitrogens with zero attached hydrogens (tertiary/aromatic N) is 3. The minimum absolute atomic E-state index is 0.117. The van der Waals surface area contributed by atoms with Crippen LogP contribution in [0.1, 0.15) is 55.2 Å². The van der Waals surface area contributed by atoms with Crippen LogP contribution in [0.3, 0.4) is 0 Å². The SMILES string of the molecule is CCOC(=O)CC1CCc2c(OC3CCN(c4nc(Cl)ncc4C)CC3)cccc21. The van der Waals surface area contributed by atoms with Gasteiger partial charge < -0.3 is 14.4 Å². The first-order chi connectivity index (χ1) is 14.5. The summed E-state index contributed by atoms with van der Waals surface area (Å²) in [5.41, 5.74) is 3.53. The number of carbonyl (C=O) groups excluding carboxylic acids is 1. The normalized spacial score (nSPS) is 18.9. The minimum Gasteiger partial charge on any atom is -0.490 e. The Hall–Kier alpha value is -2.34. The van der Waals surface area contributed by atoms with Crippen LogP contribution < -0.4 is 9.64 Å². The quantitative estimate of drug-likeness (QED) is 0.498. The van der Waals surface area contributed by atoms with Gasteiger partial charge in [-0.05, 0) is 61.4 Å². The summed E-state index contributed by atoms with van der Waals surface area (Å²) in [6.45, 7) is 6.03. The highest BCUT2D eigenvalue weighted by Gasteiger charge is 2.29. The highest BCUT2D eigenvalue weighted by atomic mass is 35.5. The third-order valence-corrected chi connectivity index (χ3v) is 6.20. The standard InChI is InChI=1S/C23H28ClN3O3/c1-3-29-21(28)13-16-7-8-19-18(16)5-4-6-20(19)30-17-9-11-27(12-10-17)22-15(2)14-25-23(24)26-22/h4-6,14,16-17H,3,7-13H2,1-2H3. The Morgan fingerprint density at radius 2 is 2.07 bits per heavy atom. The highest BCUT2D eigenvalue weighted by molar-refractivity contribution is 6.28. The zero-order valence-electron chi connectivity index (χ0n) is 17.6. The minimum atomic E-state index is -0.117. The summed E-state index contributed by atoms with van der Waals surface area (Å²) in [6, 6.07) is 6.23. The van der Waals surface area contributed by atoms with E-state index in [0.717, 1.165) is 55.9 Å². The maximum atomic E-state index is 11.9. The topological polar surface area (TPSA) is 64.6 Å². The fraction of sp³-hybridized carbons (Fsp3) is 0.522. The lowest BCUT2D eigenvalue weighted by Gasteiger charge is -2.34. The van der Waals surface area contributed by atoms with Gasteiger partial charge >= 0.3 is 5.97 Å². The summed E-state index contributed by atoms with van der Waals surface area (Å²) in [4.78, 5) is 22.6. The smallest absolute Gasteiger partial charge is 0.306 e. The fourth-order valence-electron chi connectivity index (χ4n) is 4.55. The summed E-state index contributed by atoms with van der Waals surface area (Å²) in [7, 11) is 0. The first kappa shape index (κ1) is 20.9. The molecular formula is C23H28ClN3O3. The monoisotopic (exact) mass is 429 g/mol. The van der Waals surface area contributed by atoms with E-state index in [1.165, 1.54) is 11.1 Å². The molecule has 0 bridgehead atoms. The molecule has 0 saturated carbocycles. The molecule has 0 amide bonds. The van der Waals surface area contributed by atoms with Gasteiger partial charge in [-0.25, -0.2) is 9.97 Å². The van der Waals surface area contributed by atoms with E-state index in [2.05, 4.69) is 27.0 Å². The number of ether oxygens (including phenoxy) is 2. The van der Waals surface area contributed by atoms with Crippen LogP contribution in [-0.2, 0) is 16.0 Å². The Bertz CT molecular complexity index is 913. The summed E-state index contributed by atoms with van der Waals surface area (Å²) < 4.78 is 11.6. The number of hydrogen-bond donors (Lipinski definition) is 0. The molecule has 1 aromatic heterocycles. The van der Waals surface area contributed by atoms with Crippen molar-refractivity contribution in [1.82, 2.24) is 9.97 Å². The van der Waals surface area contributed by atoms with E-state index >= 15 is 0 Å². The van der Waals surface area contributed by atoms with Crippen molar-refractivity contribution >= 4 is 23.4 Å². The summed E-state index contributed by atoms with van der Waals surface area (Å²) in [6.07, 6.45) is 6.17. The molecule has 1 unspecified atom stereocenters. The van der Waals surface area contributed by atoms with Crippen molar-refractivity contribution in [2.45, 2.75) is 58.0 Å². The largest absolute Gasteiger partial charge is 0.490 e. The van der Waals surface area contributed by atoms with E-state index in [1.54, 1.807) is 6.20 Å². The van der Waals surface area contributed by atoms with Gasteiger partial charge in [-0.3, -0.25) is 4.79 Å². The molecule has 160 valence electrons. The van der Waals surface area contributed by atoms with E-state index in [4.69, 9.17) is 21.1 Å². The summed E-state index contributed by atoms with van der Waals surface area (Å²) in [5.74, 6) is 2.00. The summed E-state index contributed by atoms with van der Waals surface area (Å²) >= 11 is 5.98. The number of aromatic nitrogens is 2. The maximum Gasteiger partial charge on any atom is 0.306 e. The average molecular weight is 430 g/mol. The second kappa shape index (κ2) is 9.21. The van der Waals surface area contributed by atoms with E-state index in [0.29, 0.717) is 13.0 Å². The second-order valence-corrected chi connectivity index (χ2v) is 8.36. The van der Waals surface area contributed by atoms with Crippen LogP contribution in [0.15, 0.2) is 24.4 Å². The lowest BCUT2D eigenvalue weighted by Crippen LogP contribution is -2.39. The average Bonchev–Trinajstić information content (AvgIpc) is 3.14. The molecule has 1 aromatic carbocycles. The number of fused-ring (bicyclic) bond motifs is 1. The molecule has 1 saturated heterocycles. The van der Waals surface area contributed by atoms with Crippen molar-refractivity contribution in [2.75, 3.05) is 24.6 Å². The van der Waals surface area contributed by atoms with Crippen LogP contribution in [0.5, 0.6) is 5.75 Å². The summed E-state index contributed by atoms with van der Waals surface area (Å²) in [5, 5.41) is 0.284. The van der Waals surface area contributed by atoms with Crippen LogP contribution in [0, 0.1) is 6.92 Å². The third kappa shape index (κ3) is 4.53. The number of aryl methyl sites for hydroxylation is 1. The molecule has 0 radical (unpaired) electrons. The zero-order chi connectivity index (χ0) is 21.1. The Balaban J connectivity index is 1.39. The molecule has 4 rings (SSSR count). The lowest BCUT2D eigenvalue weighted by atomic mass is 9.97. The first-order valence-electron chi connectivity index (χ1n) is 10.7. The van der Waals surface area contributed by atoms with Crippen molar-refractivity contribution in [1.29, 1.82) is 0 Å². The van der Waals surface area contributed by atoms with Gasteiger partial charge in [0, 0.05) is 37.7 Å². The number of anilines is 1. The van der Waals surface area contributed by atoms with Gasteiger partial charge in [0.15, 0.2) is 0 Å². The molecule has 1 atom stereocenters. The number of esters is 1. The lowest BCUT2D eigenvalue weighted by molar-refractivity contribution is -0.143. The molecular weight excluding hydrogens is 402 g/mol. The molecule has 1 aliphatic carbocycles. The van der Waals surface area contributed by atoms with Crippen molar-refractivity contribution in [3.63, 3.8) is 0 Å². The van der Waals surface area contributed by atoms with E-state index in [9.17, 15) is 4.79 Å². The van der Waals surface area contributed by atoms with Crippen LogP contribution in [0.25, 0.3) is 0 Å². The number of piperidine rings is 1. The molecule has 1 fully saturated rings. The number of halogens is 1. The Morgan fingerprint density at radius 3 is 2.83 bits per heavy atom. The van der Waals surface area contributed by atoms with Crippen LogP contribution in [0.4, 0.5) is 5.82 Å². The predicted molar refractivity (Wildman–Crippen MR) is 116 cm³/mol. The van der Waals surface area contributed by atoms with E-state index in [1.807, 2.05) is 19.9 Å². The third-order valence-electron chi connectivity index (χ3n) is 6.02. The predicted octanol–water partition coefficient (Wildman–Crippen LogP) is 4.47. The molecule has 2 aromatic rings. The number of carbonyl (C=O) groups is 1. The Labute approximate surface area is 182 Å². The van der Waals surface area contributed by atoms with Crippen LogP contribution in [0.2, 0.25) is 5.28 Å². The van der Waals surface area contributed by atoms with Crippen molar-refractivity contribution < 1.29 is 14.3 Å². The molecule has 2 heterocycles. The fourth-order valence-corrected chi connectivity index (χ4v) is 4.68. The van der Waals surface area contributed by atoms with Gasteiger partial charge in [-0.1, -0.05) is 12.1 Å². The van der Waals surface area contributed by atoms with Crippen molar-refractivity contribution in [3.05, 3.63) is 46.4 Å². The number of hydrogen-bond acceptors (Lipinski definition) is 6. The molecule has 2 aliphatic rings. The van der Waals surface area contributed by atoms with Gasteiger partial charge in [0.25, 0.3) is 0 Å². The Morgan fingerprint density at radius 1 is 1.27 bits per heavy atom. The van der Waals surface area contributed by atoms with E-state index in [-0.39, 0.29) is 23.3 Å². The van der Waals surface area contributed by atoms with Crippen molar-refractivity contribution in [2.24, 2.45) is 0 Å². The van der Waals surface area contributed by atoms with Crippen LogP contribution in [-0.4, -0.2) is 41.7 Å². The first-order valence-corrected chi connectivity index (χ1v) is 11.1. The Kier molecular flexibility index (Phi) is 6.42. The molecule has 6 nitrogen and oxygen atoms in total. The maximum absolute atomic E-state index is 11.9. The van der Waals surface area contributed by atoms with E-state index < -0.39 is 0 Å². The molecule has 1 aliphatic heterocycles. The van der Waals surface area contributed by atoms with Gasteiger partial charge in [0.1, 0.15) is 17.7 Å². The highest BCUT2D eigenvalue weighted by Crippen LogP contribution is 2.41. The van der Waals surface area contributed by atoms with Gasteiger partial charge in [-0.15, -0.1) is 0 Å². The van der Waals surface area contributed by atoms with Gasteiger partial charge in [0.05, 0.1) is 13.0 Å². The number of rotatable bonds is 6. The molecule has 0 N–H and O–H groups in total. The molecule has 0 spiro atoms. The zero-order valence-corrected chi connectivity index (χ0v) is 18.3. The number of benzene rings is 1. The molecule has 7 heteroatoms.